The van der Waals surface area contributed by atoms with Crippen LogP contribution >= 0.6 is 0 Å². The Morgan fingerprint density at radius 3 is 2.24 bits per heavy atom. The molecule has 2 heteroatoms. The van der Waals surface area contributed by atoms with Crippen LogP contribution in [0.3, 0.4) is 0 Å². The summed E-state index contributed by atoms with van der Waals surface area (Å²) >= 11 is 0. The van der Waals surface area contributed by atoms with Crippen molar-refractivity contribution in [3.63, 3.8) is 0 Å². The molecule has 0 spiro atoms. The summed E-state index contributed by atoms with van der Waals surface area (Å²) in [5.41, 5.74) is 2.00. The van der Waals surface area contributed by atoms with Crippen LogP contribution in [0.15, 0.2) is 24.3 Å². The number of hydrogen-bond donors (Lipinski definition) is 0. The summed E-state index contributed by atoms with van der Waals surface area (Å²) in [6.45, 7) is 8.22. The quantitative estimate of drug-likeness (QED) is 0.741. The van der Waals surface area contributed by atoms with Crippen molar-refractivity contribution in [3.8, 4) is 6.07 Å². The van der Waals surface area contributed by atoms with E-state index in [0.717, 1.165) is 0 Å². The van der Waals surface area contributed by atoms with Crippen LogP contribution in [0, 0.1) is 17.2 Å². The summed E-state index contributed by atoms with van der Waals surface area (Å²) in [4.78, 5) is 11.9. The van der Waals surface area contributed by atoms with Gasteiger partial charge in [-0.15, -0.1) is 0 Å². The summed E-state index contributed by atoms with van der Waals surface area (Å²) in [5.74, 6) is -0.174. The van der Waals surface area contributed by atoms with Gasteiger partial charge in [-0.2, -0.15) is 5.26 Å². The normalized spacial score (nSPS) is 12.9. The lowest BCUT2D eigenvalue weighted by Crippen LogP contribution is -2.13. The molecule has 1 aromatic rings. The summed E-state index contributed by atoms with van der Waals surface area (Å²) < 4.78 is 0. The van der Waals surface area contributed by atoms with Gasteiger partial charge in [0.25, 0.3) is 0 Å². The molecule has 2 nitrogen and oxygen atoms in total. The third kappa shape index (κ3) is 3.42. The first-order valence-corrected chi connectivity index (χ1v) is 5.88. The third-order valence-corrected chi connectivity index (χ3v) is 2.88. The molecule has 0 amide bonds. The van der Waals surface area contributed by atoms with Crippen molar-refractivity contribution in [1.29, 1.82) is 5.26 Å². The largest absolute Gasteiger partial charge is 0.294 e. The molecule has 0 saturated heterocycles. The van der Waals surface area contributed by atoms with Crippen molar-refractivity contribution in [2.45, 2.75) is 39.5 Å². The van der Waals surface area contributed by atoms with Crippen molar-refractivity contribution in [2.75, 3.05) is 0 Å². The van der Waals surface area contributed by atoms with Crippen LogP contribution in [0.1, 0.15) is 50.0 Å². The first kappa shape index (κ1) is 13.4. The number of Topliss-reactive ketones (excluding diaryl/α,β-unsaturated/α-hetero) is 1. The van der Waals surface area contributed by atoms with Gasteiger partial charge in [0.1, 0.15) is 0 Å². The van der Waals surface area contributed by atoms with Crippen LogP contribution in [0.25, 0.3) is 0 Å². The lowest BCUT2D eigenvalue weighted by Gasteiger charge is -2.19. The molecule has 0 aliphatic rings. The van der Waals surface area contributed by atoms with Gasteiger partial charge in [-0.1, -0.05) is 52.0 Å². The number of rotatable bonds is 3. The molecule has 1 rings (SSSR count). The molecule has 17 heavy (non-hydrogen) atoms. The van der Waals surface area contributed by atoms with Crippen LogP contribution in [0.4, 0.5) is 0 Å². The van der Waals surface area contributed by atoms with Crippen molar-refractivity contribution >= 4 is 5.78 Å². The molecule has 90 valence electrons. The lowest BCUT2D eigenvalue weighted by molar-refractivity contribution is 0.0932. The highest BCUT2D eigenvalue weighted by atomic mass is 16.1. The van der Waals surface area contributed by atoms with Crippen molar-refractivity contribution < 1.29 is 4.79 Å². The second-order valence-corrected chi connectivity index (χ2v) is 5.45. The first-order valence-electron chi connectivity index (χ1n) is 5.88. The highest BCUT2D eigenvalue weighted by Crippen LogP contribution is 2.23. The fourth-order valence-corrected chi connectivity index (χ4v) is 1.65. The second-order valence-electron chi connectivity index (χ2n) is 5.45. The zero-order valence-corrected chi connectivity index (χ0v) is 10.9. The Morgan fingerprint density at radius 1 is 1.29 bits per heavy atom. The van der Waals surface area contributed by atoms with Crippen molar-refractivity contribution in [3.05, 3.63) is 35.4 Å². The van der Waals surface area contributed by atoms with E-state index in [1.165, 1.54) is 5.56 Å². The van der Waals surface area contributed by atoms with Crippen LogP contribution in [0.5, 0.6) is 0 Å². The maximum atomic E-state index is 11.9. The molecule has 0 N–H and O–H groups in total. The topological polar surface area (TPSA) is 40.9 Å². The highest BCUT2D eigenvalue weighted by molar-refractivity contribution is 5.97. The number of nitrogens with zero attached hydrogens (tertiary/aromatic N) is 1. The zero-order valence-electron chi connectivity index (χ0n) is 10.9. The lowest BCUT2D eigenvalue weighted by atomic mass is 9.86. The SMILES string of the molecule is CC(CC#N)C(=O)c1ccc(C(C)(C)C)cc1. The molecule has 1 aromatic carbocycles. The standard InChI is InChI=1S/C15H19NO/c1-11(9-10-16)14(17)12-5-7-13(8-6-12)15(2,3)4/h5-8,11H,9H2,1-4H3. The molecule has 0 aromatic heterocycles. The zero-order chi connectivity index (χ0) is 13.1. The molecule has 0 aliphatic carbocycles. The fourth-order valence-electron chi connectivity index (χ4n) is 1.65. The highest BCUT2D eigenvalue weighted by Gasteiger charge is 2.17. The molecule has 0 bridgehead atoms. The predicted octanol–water partition coefficient (Wildman–Crippen LogP) is 3.72. The third-order valence-electron chi connectivity index (χ3n) is 2.88. The van der Waals surface area contributed by atoms with Gasteiger partial charge < -0.3 is 0 Å². The Bertz CT molecular complexity index is 431. The summed E-state index contributed by atoms with van der Waals surface area (Å²) in [5, 5.41) is 8.58. The van der Waals surface area contributed by atoms with Crippen LogP contribution in [-0.2, 0) is 5.41 Å². The smallest absolute Gasteiger partial charge is 0.166 e. The number of nitriles is 1. The minimum atomic E-state index is -0.222. The number of carbonyl (C=O) groups is 1. The molecule has 1 unspecified atom stereocenters. The Labute approximate surface area is 103 Å². The number of hydrogen-bond acceptors (Lipinski definition) is 2. The molecule has 0 fully saturated rings. The molecular formula is C15H19NO. The van der Waals surface area contributed by atoms with E-state index in [-0.39, 0.29) is 23.5 Å². The Hall–Kier alpha value is -1.62. The molecule has 0 radical (unpaired) electrons. The maximum absolute atomic E-state index is 11.9. The van der Waals surface area contributed by atoms with E-state index in [1.807, 2.05) is 30.3 Å². The van der Waals surface area contributed by atoms with Gasteiger partial charge in [0, 0.05) is 17.9 Å². The van der Waals surface area contributed by atoms with E-state index >= 15 is 0 Å². The Morgan fingerprint density at radius 2 is 1.82 bits per heavy atom. The average molecular weight is 229 g/mol. The summed E-state index contributed by atoms with van der Waals surface area (Å²) in [6.07, 6.45) is 0.278. The first-order chi connectivity index (χ1) is 7.86. The van der Waals surface area contributed by atoms with E-state index in [0.29, 0.717) is 5.56 Å². The number of carbonyl (C=O) groups excluding carboxylic acids is 1. The summed E-state index contributed by atoms with van der Waals surface area (Å²) in [6, 6.07) is 9.73. The molecule has 0 aliphatic heterocycles. The van der Waals surface area contributed by atoms with E-state index in [9.17, 15) is 4.79 Å². The van der Waals surface area contributed by atoms with E-state index in [2.05, 4.69) is 20.8 Å². The van der Waals surface area contributed by atoms with Gasteiger partial charge in [-0.05, 0) is 11.0 Å². The van der Waals surface area contributed by atoms with Gasteiger partial charge in [-0.3, -0.25) is 4.79 Å². The minimum Gasteiger partial charge on any atom is -0.294 e. The van der Waals surface area contributed by atoms with Gasteiger partial charge in [0.15, 0.2) is 5.78 Å². The second kappa shape index (κ2) is 5.14. The number of benzene rings is 1. The molecule has 0 saturated carbocycles. The van der Waals surface area contributed by atoms with Crippen LogP contribution in [-0.4, -0.2) is 5.78 Å². The monoisotopic (exact) mass is 229 g/mol. The minimum absolute atomic E-state index is 0.0482. The van der Waals surface area contributed by atoms with Crippen molar-refractivity contribution in [1.82, 2.24) is 0 Å². The molecule has 0 heterocycles. The van der Waals surface area contributed by atoms with Gasteiger partial charge in [0.05, 0.1) is 6.07 Å². The van der Waals surface area contributed by atoms with E-state index in [1.54, 1.807) is 6.92 Å². The Kier molecular flexibility index (Phi) is 4.07. The van der Waals surface area contributed by atoms with E-state index in [4.69, 9.17) is 5.26 Å². The molecular weight excluding hydrogens is 210 g/mol. The summed E-state index contributed by atoms with van der Waals surface area (Å²) in [7, 11) is 0. The van der Waals surface area contributed by atoms with Gasteiger partial charge in [0.2, 0.25) is 0 Å². The molecule has 1 atom stereocenters. The maximum Gasteiger partial charge on any atom is 0.166 e. The van der Waals surface area contributed by atoms with Gasteiger partial charge in [-0.25, -0.2) is 0 Å². The number of ketones is 1. The van der Waals surface area contributed by atoms with Crippen LogP contribution < -0.4 is 0 Å². The van der Waals surface area contributed by atoms with Crippen LogP contribution in [0.2, 0.25) is 0 Å². The van der Waals surface area contributed by atoms with E-state index < -0.39 is 0 Å². The predicted molar refractivity (Wildman–Crippen MR) is 68.9 cm³/mol. The fraction of sp³-hybridized carbons (Fsp3) is 0.467. The Balaban J connectivity index is 2.89. The van der Waals surface area contributed by atoms with Crippen molar-refractivity contribution in [2.24, 2.45) is 5.92 Å². The average Bonchev–Trinajstić information content (AvgIpc) is 2.27. The van der Waals surface area contributed by atoms with Gasteiger partial charge >= 0.3 is 0 Å².